The molecule has 1 amide bonds. The van der Waals surface area contributed by atoms with E-state index < -0.39 is 12.6 Å². The van der Waals surface area contributed by atoms with Crippen LogP contribution in [0.3, 0.4) is 0 Å². The number of carbonyl (C=O) groups excluding carboxylic acids is 1. The Bertz CT molecular complexity index is 554. The van der Waals surface area contributed by atoms with Crippen molar-refractivity contribution < 1.29 is 28.2 Å². The monoisotopic (exact) mass is 341 g/mol. The van der Waals surface area contributed by atoms with Crippen molar-refractivity contribution in [2.75, 3.05) is 0 Å². The minimum Gasteiger partial charge on any atom is -0.481 e. The maximum absolute atomic E-state index is 12.1. The van der Waals surface area contributed by atoms with Crippen molar-refractivity contribution in [3.8, 4) is 5.75 Å². The van der Waals surface area contributed by atoms with E-state index in [1.54, 1.807) is 12.1 Å². The number of amides is 1. The highest BCUT2D eigenvalue weighted by atomic mass is 19.3. The van der Waals surface area contributed by atoms with Crippen molar-refractivity contribution >= 4 is 11.9 Å². The van der Waals surface area contributed by atoms with Gasteiger partial charge in [-0.05, 0) is 49.8 Å². The SMILES string of the molecule is O=C(CCc1ccc(OC(F)F)cc1)NC1CCC(C(=O)O)CC1. The fourth-order valence-electron chi connectivity index (χ4n) is 2.88. The van der Waals surface area contributed by atoms with E-state index in [1.165, 1.54) is 12.1 Å². The first-order valence-electron chi connectivity index (χ1n) is 8.00. The Hall–Kier alpha value is -2.18. The molecule has 0 radical (unpaired) electrons. The van der Waals surface area contributed by atoms with Gasteiger partial charge >= 0.3 is 12.6 Å². The van der Waals surface area contributed by atoms with E-state index in [0.29, 0.717) is 38.5 Å². The molecule has 24 heavy (non-hydrogen) atoms. The van der Waals surface area contributed by atoms with Gasteiger partial charge in [0.05, 0.1) is 5.92 Å². The lowest BCUT2D eigenvalue weighted by atomic mass is 9.86. The van der Waals surface area contributed by atoms with Gasteiger partial charge in [-0.25, -0.2) is 0 Å². The third-order valence-corrected chi connectivity index (χ3v) is 4.23. The minimum absolute atomic E-state index is 0.0370. The van der Waals surface area contributed by atoms with Crippen LogP contribution >= 0.6 is 0 Å². The van der Waals surface area contributed by atoms with E-state index in [1.807, 2.05) is 0 Å². The van der Waals surface area contributed by atoms with Crippen LogP contribution in [0.5, 0.6) is 5.75 Å². The Morgan fingerprint density at radius 1 is 1.17 bits per heavy atom. The van der Waals surface area contributed by atoms with Crippen LogP contribution in [0, 0.1) is 5.92 Å². The van der Waals surface area contributed by atoms with Crippen LogP contribution in [0.2, 0.25) is 0 Å². The molecule has 132 valence electrons. The molecule has 2 N–H and O–H groups in total. The van der Waals surface area contributed by atoms with Crippen molar-refractivity contribution in [1.29, 1.82) is 0 Å². The van der Waals surface area contributed by atoms with Crippen LogP contribution in [-0.4, -0.2) is 29.6 Å². The molecule has 0 bridgehead atoms. The summed E-state index contributed by atoms with van der Waals surface area (Å²) in [6.07, 6.45) is 3.35. The number of aliphatic carboxylic acids is 1. The van der Waals surface area contributed by atoms with E-state index in [4.69, 9.17) is 5.11 Å². The zero-order valence-corrected chi connectivity index (χ0v) is 13.2. The zero-order valence-electron chi connectivity index (χ0n) is 13.2. The second kappa shape index (κ2) is 8.61. The lowest BCUT2D eigenvalue weighted by Gasteiger charge is -2.26. The third kappa shape index (κ3) is 5.79. The summed E-state index contributed by atoms with van der Waals surface area (Å²) < 4.78 is 28.4. The molecule has 1 fully saturated rings. The van der Waals surface area contributed by atoms with Crippen LogP contribution in [-0.2, 0) is 16.0 Å². The van der Waals surface area contributed by atoms with Gasteiger partial charge in [-0.2, -0.15) is 8.78 Å². The summed E-state index contributed by atoms with van der Waals surface area (Å²) in [6.45, 7) is -2.85. The number of carboxylic acids is 1. The maximum Gasteiger partial charge on any atom is 0.387 e. The first-order valence-corrected chi connectivity index (χ1v) is 8.00. The molecule has 0 aliphatic heterocycles. The molecule has 5 nitrogen and oxygen atoms in total. The molecule has 0 saturated heterocycles. The number of aryl methyl sites for hydroxylation is 1. The highest BCUT2D eigenvalue weighted by molar-refractivity contribution is 5.76. The molecule has 7 heteroatoms. The first-order chi connectivity index (χ1) is 11.4. The van der Waals surface area contributed by atoms with Gasteiger partial charge in [0.25, 0.3) is 0 Å². The summed E-state index contributed by atoms with van der Waals surface area (Å²) in [5, 5.41) is 11.9. The molecule has 1 aromatic rings. The Morgan fingerprint density at radius 2 is 1.79 bits per heavy atom. The Balaban J connectivity index is 1.70. The summed E-state index contributed by atoms with van der Waals surface area (Å²) in [4.78, 5) is 22.8. The number of nitrogens with one attached hydrogen (secondary N) is 1. The topological polar surface area (TPSA) is 75.6 Å². The fraction of sp³-hybridized carbons (Fsp3) is 0.529. The zero-order chi connectivity index (χ0) is 17.5. The highest BCUT2D eigenvalue weighted by Gasteiger charge is 2.26. The predicted molar refractivity (Wildman–Crippen MR) is 82.9 cm³/mol. The van der Waals surface area contributed by atoms with Gasteiger partial charge in [0.15, 0.2) is 0 Å². The van der Waals surface area contributed by atoms with E-state index in [2.05, 4.69) is 10.1 Å². The van der Waals surface area contributed by atoms with Crippen LogP contribution in [0.25, 0.3) is 0 Å². The largest absolute Gasteiger partial charge is 0.481 e. The molecule has 0 heterocycles. The van der Waals surface area contributed by atoms with E-state index in [-0.39, 0.29) is 23.6 Å². The third-order valence-electron chi connectivity index (χ3n) is 4.23. The van der Waals surface area contributed by atoms with Crippen LogP contribution in [0.15, 0.2) is 24.3 Å². The fourth-order valence-corrected chi connectivity index (χ4v) is 2.88. The average Bonchev–Trinajstić information content (AvgIpc) is 2.54. The molecular formula is C17H21F2NO4. The maximum atomic E-state index is 12.1. The molecule has 2 rings (SSSR count). The molecule has 1 aromatic carbocycles. The van der Waals surface area contributed by atoms with Crippen molar-refractivity contribution in [1.82, 2.24) is 5.32 Å². The quantitative estimate of drug-likeness (QED) is 0.799. The van der Waals surface area contributed by atoms with Crippen LogP contribution in [0.1, 0.15) is 37.7 Å². The molecule has 1 saturated carbocycles. The molecular weight excluding hydrogens is 320 g/mol. The number of carbonyl (C=O) groups is 2. The Labute approximate surface area is 139 Å². The minimum atomic E-state index is -2.85. The lowest BCUT2D eigenvalue weighted by Crippen LogP contribution is -2.38. The number of halogens is 2. The van der Waals surface area contributed by atoms with Gasteiger partial charge in [-0.15, -0.1) is 0 Å². The summed E-state index contributed by atoms with van der Waals surface area (Å²) in [7, 11) is 0. The number of alkyl halides is 2. The molecule has 0 atom stereocenters. The van der Waals surface area contributed by atoms with Crippen LogP contribution in [0.4, 0.5) is 8.78 Å². The number of hydrogen-bond donors (Lipinski definition) is 2. The first kappa shape index (κ1) is 18.2. The van der Waals surface area contributed by atoms with Gasteiger partial charge in [-0.1, -0.05) is 12.1 Å². The average molecular weight is 341 g/mol. The normalized spacial score (nSPS) is 20.6. The van der Waals surface area contributed by atoms with Crippen molar-refractivity contribution in [3.63, 3.8) is 0 Å². The van der Waals surface area contributed by atoms with E-state index in [9.17, 15) is 18.4 Å². The van der Waals surface area contributed by atoms with Crippen molar-refractivity contribution in [3.05, 3.63) is 29.8 Å². The molecule has 0 spiro atoms. The number of hydrogen-bond acceptors (Lipinski definition) is 3. The summed E-state index contributed by atoms with van der Waals surface area (Å²) in [5.41, 5.74) is 0.862. The smallest absolute Gasteiger partial charge is 0.387 e. The van der Waals surface area contributed by atoms with Gasteiger partial charge < -0.3 is 15.2 Å². The number of benzene rings is 1. The summed E-state index contributed by atoms with van der Waals surface area (Å²) in [6, 6.07) is 6.25. The molecule has 1 aliphatic rings. The van der Waals surface area contributed by atoms with E-state index >= 15 is 0 Å². The van der Waals surface area contributed by atoms with Crippen molar-refractivity contribution in [2.24, 2.45) is 5.92 Å². The molecule has 0 unspecified atom stereocenters. The van der Waals surface area contributed by atoms with Crippen molar-refractivity contribution in [2.45, 2.75) is 51.2 Å². The van der Waals surface area contributed by atoms with Gasteiger partial charge in [0, 0.05) is 12.5 Å². The van der Waals surface area contributed by atoms with Gasteiger partial charge in [-0.3, -0.25) is 9.59 Å². The second-order valence-corrected chi connectivity index (χ2v) is 5.98. The lowest BCUT2D eigenvalue weighted by molar-refractivity contribution is -0.142. The number of carboxylic acid groups (broad SMARTS) is 1. The molecule has 1 aliphatic carbocycles. The number of rotatable bonds is 7. The Morgan fingerprint density at radius 3 is 2.33 bits per heavy atom. The van der Waals surface area contributed by atoms with E-state index in [0.717, 1.165) is 5.56 Å². The van der Waals surface area contributed by atoms with Gasteiger partial charge in [0.1, 0.15) is 5.75 Å². The summed E-state index contributed by atoms with van der Waals surface area (Å²) in [5.74, 6) is -1.05. The van der Waals surface area contributed by atoms with Gasteiger partial charge in [0.2, 0.25) is 5.91 Å². The second-order valence-electron chi connectivity index (χ2n) is 5.98. The highest BCUT2D eigenvalue weighted by Crippen LogP contribution is 2.24. The molecule has 0 aromatic heterocycles. The van der Waals surface area contributed by atoms with Crippen LogP contribution < -0.4 is 10.1 Å². The Kier molecular flexibility index (Phi) is 6.52. The number of ether oxygens (including phenoxy) is 1. The summed E-state index contributed by atoms with van der Waals surface area (Å²) >= 11 is 0. The predicted octanol–water partition coefficient (Wildman–Crippen LogP) is 2.98. The standard InChI is InChI=1S/C17H21F2NO4/c18-17(19)24-14-8-1-11(2-9-14)3-10-15(21)20-13-6-4-12(5-7-13)16(22)23/h1-2,8-9,12-13,17H,3-7,10H2,(H,20,21)(H,22,23).